The monoisotopic (exact) mass is 485 g/mol. The number of alkyl halides is 3. The summed E-state index contributed by atoms with van der Waals surface area (Å²) in [5.41, 5.74) is -1.50. The van der Waals surface area contributed by atoms with Gasteiger partial charge < -0.3 is 19.3 Å². The fourth-order valence-corrected chi connectivity index (χ4v) is 3.77. The van der Waals surface area contributed by atoms with Crippen molar-refractivity contribution in [2.45, 2.75) is 24.1 Å². The predicted octanol–water partition coefficient (Wildman–Crippen LogP) is 3.12. The fraction of sp³-hybridized carbons (Fsp3) is 0.286. The Morgan fingerprint density at radius 2 is 1.88 bits per heavy atom. The first-order chi connectivity index (χ1) is 15.5. The molecule has 1 aliphatic heterocycles. The second kappa shape index (κ2) is 9.60. The average Bonchev–Trinajstić information content (AvgIpc) is 2.76. The van der Waals surface area contributed by atoms with Crippen LogP contribution in [0.1, 0.15) is 18.1 Å². The molecule has 1 unspecified atom stereocenters. The van der Waals surface area contributed by atoms with Crippen molar-refractivity contribution < 1.29 is 45.7 Å². The Morgan fingerprint density at radius 3 is 2.55 bits per heavy atom. The van der Waals surface area contributed by atoms with Gasteiger partial charge in [-0.15, -0.1) is 0 Å². The van der Waals surface area contributed by atoms with E-state index in [4.69, 9.17) is 19.3 Å². The Hall–Kier alpha value is -3.43. The highest BCUT2D eigenvalue weighted by atomic mass is 32.2. The lowest BCUT2D eigenvalue weighted by atomic mass is 10.1. The highest BCUT2D eigenvalue weighted by molar-refractivity contribution is 7.92. The van der Waals surface area contributed by atoms with Crippen molar-refractivity contribution in [2.24, 2.45) is 0 Å². The molecule has 12 heteroatoms. The number of halogens is 3. The van der Waals surface area contributed by atoms with E-state index in [0.717, 1.165) is 12.1 Å². The molecule has 2 N–H and O–H groups in total. The number of carboxylic acids is 1. The molecule has 0 aromatic heterocycles. The molecule has 2 aromatic carbocycles. The lowest BCUT2D eigenvalue weighted by molar-refractivity contribution is -0.148. The van der Waals surface area contributed by atoms with Crippen LogP contribution in [0.5, 0.6) is 11.5 Å². The maximum absolute atomic E-state index is 13.1. The van der Waals surface area contributed by atoms with E-state index in [-0.39, 0.29) is 28.5 Å². The SMILES string of the molecule is CC(OCC#Cc1cc(C(F)(F)F)ccc1NS(=O)(=O)c1ccc2c(c1)OCCO2)C(=O)O. The molecule has 0 bridgehead atoms. The third kappa shape index (κ3) is 6.09. The van der Waals surface area contributed by atoms with Gasteiger partial charge in [0.2, 0.25) is 0 Å². The molecular formula is C21H18F3NO7S. The molecule has 1 aliphatic rings. The van der Waals surface area contributed by atoms with Crippen LogP contribution in [0.15, 0.2) is 41.3 Å². The van der Waals surface area contributed by atoms with Crippen molar-refractivity contribution in [3.8, 4) is 23.3 Å². The average molecular weight is 485 g/mol. The number of anilines is 1. The summed E-state index contributed by atoms with van der Waals surface area (Å²) >= 11 is 0. The van der Waals surface area contributed by atoms with E-state index >= 15 is 0 Å². The summed E-state index contributed by atoms with van der Waals surface area (Å²) in [6, 6.07) is 6.28. The minimum absolute atomic E-state index is 0.191. The number of aliphatic carboxylic acids is 1. The van der Waals surface area contributed by atoms with Gasteiger partial charge in [-0.3, -0.25) is 4.72 Å². The van der Waals surface area contributed by atoms with Gasteiger partial charge in [0.15, 0.2) is 17.6 Å². The van der Waals surface area contributed by atoms with Gasteiger partial charge in [0.05, 0.1) is 16.1 Å². The van der Waals surface area contributed by atoms with E-state index in [0.29, 0.717) is 18.4 Å². The number of ether oxygens (including phenoxy) is 3. The van der Waals surface area contributed by atoms with Crippen molar-refractivity contribution in [1.82, 2.24) is 0 Å². The van der Waals surface area contributed by atoms with Crippen LogP contribution < -0.4 is 14.2 Å². The zero-order chi connectivity index (χ0) is 24.2. The van der Waals surface area contributed by atoms with E-state index in [2.05, 4.69) is 16.6 Å². The number of benzene rings is 2. The third-order valence-corrected chi connectivity index (χ3v) is 5.75. The Labute approximate surface area is 187 Å². The lowest BCUT2D eigenvalue weighted by Crippen LogP contribution is -2.19. The molecule has 0 saturated carbocycles. The second-order valence-corrected chi connectivity index (χ2v) is 8.44. The summed E-state index contributed by atoms with van der Waals surface area (Å²) in [4.78, 5) is 10.6. The highest BCUT2D eigenvalue weighted by Gasteiger charge is 2.31. The van der Waals surface area contributed by atoms with Crippen molar-refractivity contribution in [2.75, 3.05) is 24.5 Å². The van der Waals surface area contributed by atoms with Crippen molar-refractivity contribution in [3.63, 3.8) is 0 Å². The predicted molar refractivity (Wildman–Crippen MR) is 110 cm³/mol. The van der Waals surface area contributed by atoms with Crippen molar-refractivity contribution in [1.29, 1.82) is 0 Å². The van der Waals surface area contributed by atoms with Crippen LogP contribution in [-0.4, -0.2) is 45.4 Å². The van der Waals surface area contributed by atoms with Gasteiger partial charge in [-0.25, -0.2) is 13.2 Å². The molecule has 1 heterocycles. The quantitative estimate of drug-likeness (QED) is 0.605. The number of nitrogens with one attached hydrogen (secondary N) is 1. The standard InChI is InChI=1S/C21H18F3NO7S/c1-13(20(26)27)30-8-2-3-14-11-15(21(22,23)24)4-6-17(14)25-33(28,29)16-5-7-18-19(12-16)32-10-9-31-18/h4-7,11-13,25H,8-10H2,1H3,(H,26,27). The summed E-state index contributed by atoms with van der Waals surface area (Å²) in [5, 5.41) is 8.79. The van der Waals surface area contributed by atoms with Crippen molar-refractivity contribution >= 4 is 21.7 Å². The topological polar surface area (TPSA) is 111 Å². The molecule has 1 atom stereocenters. The summed E-state index contributed by atoms with van der Waals surface area (Å²) in [5.74, 6) is 4.17. The molecule has 2 aromatic rings. The van der Waals surface area contributed by atoms with Gasteiger partial charge >= 0.3 is 12.1 Å². The van der Waals surface area contributed by atoms with Crippen LogP contribution in [0.2, 0.25) is 0 Å². The molecule has 0 radical (unpaired) electrons. The molecule has 0 saturated heterocycles. The summed E-state index contributed by atoms with van der Waals surface area (Å²) < 4.78 is 83.0. The smallest absolute Gasteiger partial charge is 0.416 e. The number of rotatable bonds is 6. The molecule has 176 valence electrons. The Bertz CT molecular complexity index is 1220. The van der Waals surface area contributed by atoms with Crippen LogP contribution in [0, 0.1) is 11.8 Å². The molecule has 0 aliphatic carbocycles. The van der Waals surface area contributed by atoms with Crippen LogP contribution in [0.4, 0.5) is 18.9 Å². The van der Waals surface area contributed by atoms with Crippen LogP contribution >= 0.6 is 0 Å². The molecule has 0 fully saturated rings. The molecule has 0 spiro atoms. The van der Waals surface area contributed by atoms with Crippen molar-refractivity contribution in [3.05, 3.63) is 47.5 Å². The number of hydrogen-bond acceptors (Lipinski definition) is 6. The van der Waals surface area contributed by atoms with Gasteiger partial charge in [-0.2, -0.15) is 13.2 Å². The van der Waals surface area contributed by atoms with E-state index in [1.807, 2.05) is 0 Å². The molecular weight excluding hydrogens is 467 g/mol. The number of sulfonamides is 1. The maximum atomic E-state index is 13.1. The number of carboxylic acid groups (broad SMARTS) is 1. The summed E-state index contributed by atoms with van der Waals surface area (Å²) in [6.07, 6.45) is -5.85. The van der Waals surface area contributed by atoms with Gasteiger partial charge in [0, 0.05) is 11.6 Å². The van der Waals surface area contributed by atoms with Crippen LogP contribution in [0.25, 0.3) is 0 Å². The van der Waals surface area contributed by atoms with E-state index in [9.17, 15) is 26.4 Å². The minimum atomic E-state index is -4.68. The normalized spacial score (nSPS) is 14.1. The highest BCUT2D eigenvalue weighted by Crippen LogP contribution is 2.34. The zero-order valence-corrected chi connectivity index (χ0v) is 17.9. The fourth-order valence-electron chi connectivity index (χ4n) is 2.68. The maximum Gasteiger partial charge on any atom is 0.416 e. The first-order valence-electron chi connectivity index (χ1n) is 9.44. The molecule has 3 rings (SSSR count). The van der Waals surface area contributed by atoms with E-state index in [1.165, 1.54) is 25.1 Å². The summed E-state index contributed by atoms with van der Waals surface area (Å²) in [6.45, 7) is 1.43. The molecule has 0 amide bonds. The first kappa shape index (κ1) is 24.2. The lowest BCUT2D eigenvalue weighted by Gasteiger charge is -2.19. The second-order valence-electron chi connectivity index (χ2n) is 6.76. The minimum Gasteiger partial charge on any atom is -0.486 e. The number of carbonyl (C=O) groups is 1. The van der Waals surface area contributed by atoms with Gasteiger partial charge in [0.1, 0.15) is 19.8 Å². The third-order valence-electron chi connectivity index (χ3n) is 4.39. The van der Waals surface area contributed by atoms with Gasteiger partial charge in [0.25, 0.3) is 10.0 Å². The summed E-state index contributed by atoms with van der Waals surface area (Å²) in [7, 11) is -4.22. The first-order valence-corrected chi connectivity index (χ1v) is 10.9. The van der Waals surface area contributed by atoms with Gasteiger partial charge in [-0.1, -0.05) is 11.8 Å². The number of fused-ring (bicyclic) bond motifs is 1. The van der Waals surface area contributed by atoms with Crippen LogP contribution in [-0.2, 0) is 25.7 Å². The molecule has 8 nitrogen and oxygen atoms in total. The largest absolute Gasteiger partial charge is 0.486 e. The Morgan fingerprint density at radius 1 is 1.18 bits per heavy atom. The molecule has 33 heavy (non-hydrogen) atoms. The van der Waals surface area contributed by atoms with E-state index < -0.39 is 40.4 Å². The Balaban J connectivity index is 1.90. The zero-order valence-electron chi connectivity index (χ0n) is 17.1. The van der Waals surface area contributed by atoms with Gasteiger partial charge in [-0.05, 0) is 37.3 Å². The Kier molecular flexibility index (Phi) is 7.04. The van der Waals surface area contributed by atoms with Crippen LogP contribution in [0.3, 0.4) is 0 Å². The number of hydrogen-bond donors (Lipinski definition) is 2. The van der Waals surface area contributed by atoms with E-state index in [1.54, 1.807) is 0 Å².